The standard InChI is InChI=1S/C18H28F2N4O3S.HI/c1-3-21-18(22-8-10-27-11-12-28(2,25)26)23-14-7-9-24(13-14)17-15(19)5-4-6-16(17)20;/h4-6,14H,3,7-13H2,1-2H3,(H2,21,22,23);1H. The summed E-state index contributed by atoms with van der Waals surface area (Å²) in [6, 6.07) is 3.87. The minimum Gasteiger partial charge on any atom is -0.378 e. The number of halogens is 3. The van der Waals surface area contributed by atoms with Crippen LogP contribution < -0.4 is 15.5 Å². The first kappa shape index (κ1) is 25.8. The number of anilines is 1. The van der Waals surface area contributed by atoms with Crippen molar-refractivity contribution in [2.75, 3.05) is 56.3 Å². The zero-order valence-electron chi connectivity index (χ0n) is 16.7. The Balaban J connectivity index is 0.00000420. The molecule has 2 rings (SSSR count). The molecule has 1 unspecified atom stereocenters. The van der Waals surface area contributed by atoms with Crippen LogP contribution in [-0.2, 0) is 14.6 Å². The maximum Gasteiger partial charge on any atom is 0.191 e. The Hall–Kier alpha value is -1.21. The summed E-state index contributed by atoms with van der Waals surface area (Å²) in [6.07, 6.45) is 1.89. The number of hydrogen-bond acceptors (Lipinski definition) is 5. The van der Waals surface area contributed by atoms with Gasteiger partial charge in [0.2, 0.25) is 0 Å². The highest BCUT2D eigenvalue weighted by atomic mass is 127. The van der Waals surface area contributed by atoms with E-state index in [4.69, 9.17) is 4.74 Å². The van der Waals surface area contributed by atoms with E-state index < -0.39 is 21.5 Å². The number of ether oxygens (including phenoxy) is 1. The van der Waals surface area contributed by atoms with E-state index >= 15 is 0 Å². The molecule has 11 heteroatoms. The number of hydrogen-bond donors (Lipinski definition) is 2. The zero-order chi connectivity index (χ0) is 20.6. The molecule has 2 N–H and O–H groups in total. The highest BCUT2D eigenvalue weighted by Crippen LogP contribution is 2.26. The van der Waals surface area contributed by atoms with Crippen molar-refractivity contribution in [3.63, 3.8) is 0 Å². The number of sulfone groups is 1. The number of rotatable bonds is 9. The lowest BCUT2D eigenvalue weighted by Crippen LogP contribution is -2.44. The van der Waals surface area contributed by atoms with Crippen LogP contribution in [-0.4, -0.2) is 71.8 Å². The monoisotopic (exact) mass is 546 g/mol. The summed E-state index contributed by atoms with van der Waals surface area (Å²) in [5.41, 5.74) is 0.00742. The van der Waals surface area contributed by atoms with Crippen LogP contribution in [0, 0.1) is 11.6 Å². The predicted molar refractivity (Wildman–Crippen MR) is 122 cm³/mol. The van der Waals surface area contributed by atoms with E-state index in [1.54, 1.807) is 4.90 Å². The predicted octanol–water partition coefficient (Wildman–Crippen LogP) is 1.78. The van der Waals surface area contributed by atoms with Crippen molar-refractivity contribution in [3.05, 3.63) is 29.8 Å². The molecule has 0 amide bonds. The highest BCUT2D eigenvalue weighted by Gasteiger charge is 2.27. The van der Waals surface area contributed by atoms with Gasteiger partial charge in [0.25, 0.3) is 0 Å². The minimum absolute atomic E-state index is 0. The number of guanidine groups is 1. The molecule has 0 aliphatic carbocycles. The van der Waals surface area contributed by atoms with Crippen molar-refractivity contribution in [3.8, 4) is 0 Å². The van der Waals surface area contributed by atoms with Gasteiger partial charge in [-0.15, -0.1) is 24.0 Å². The van der Waals surface area contributed by atoms with Crippen LogP contribution in [0.2, 0.25) is 0 Å². The van der Waals surface area contributed by atoms with Crippen molar-refractivity contribution in [1.29, 1.82) is 0 Å². The van der Waals surface area contributed by atoms with Crippen molar-refractivity contribution in [2.45, 2.75) is 19.4 Å². The first-order valence-electron chi connectivity index (χ1n) is 9.29. The topological polar surface area (TPSA) is 83.0 Å². The Bertz CT molecular complexity index is 760. The normalized spacial score (nSPS) is 17.2. The quantitative estimate of drug-likeness (QED) is 0.213. The van der Waals surface area contributed by atoms with E-state index in [1.165, 1.54) is 24.5 Å². The first-order chi connectivity index (χ1) is 13.3. The fourth-order valence-corrected chi connectivity index (χ4v) is 3.34. The Labute approximate surface area is 188 Å². The largest absolute Gasteiger partial charge is 0.378 e. The van der Waals surface area contributed by atoms with E-state index in [1.807, 2.05) is 6.92 Å². The smallest absolute Gasteiger partial charge is 0.191 e. The van der Waals surface area contributed by atoms with Crippen LogP contribution in [0.5, 0.6) is 0 Å². The third-order valence-corrected chi connectivity index (χ3v) is 5.14. The van der Waals surface area contributed by atoms with Gasteiger partial charge in [-0.05, 0) is 25.5 Å². The Morgan fingerprint density at radius 1 is 1.31 bits per heavy atom. The number of benzene rings is 1. The second-order valence-corrected chi connectivity index (χ2v) is 8.91. The maximum absolute atomic E-state index is 14.0. The lowest BCUT2D eigenvalue weighted by molar-refractivity contribution is 0.157. The van der Waals surface area contributed by atoms with Crippen LogP contribution >= 0.6 is 24.0 Å². The highest BCUT2D eigenvalue weighted by molar-refractivity contribution is 14.0. The minimum atomic E-state index is -3.03. The molecule has 166 valence electrons. The van der Waals surface area contributed by atoms with E-state index in [0.717, 1.165) is 6.42 Å². The molecule has 1 aliphatic rings. The number of aliphatic imine (C=N–C) groups is 1. The SMILES string of the molecule is CCNC(=NCCOCCS(C)(=O)=O)NC1CCN(c2c(F)cccc2F)C1.I. The molecule has 1 saturated heterocycles. The first-order valence-corrected chi connectivity index (χ1v) is 11.4. The van der Waals surface area contributed by atoms with Gasteiger partial charge in [0.05, 0.1) is 25.5 Å². The van der Waals surface area contributed by atoms with Gasteiger partial charge in [-0.2, -0.15) is 0 Å². The van der Waals surface area contributed by atoms with Gasteiger partial charge >= 0.3 is 0 Å². The molecule has 1 aromatic rings. The summed E-state index contributed by atoms with van der Waals surface area (Å²) in [5.74, 6) is -0.547. The lowest BCUT2D eigenvalue weighted by Gasteiger charge is -2.21. The zero-order valence-corrected chi connectivity index (χ0v) is 19.8. The number of para-hydroxylation sites is 1. The van der Waals surface area contributed by atoms with E-state index in [0.29, 0.717) is 38.7 Å². The fraction of sp³-hybridized carbons (Fsp3) is 0.611. The molecule has 0 bridgehead atoms. The second kappa shape index (κ2) is 12.5. The Kier molecular flexibility index (Phi) is 11.1. The maximum atomic E-state index is 14.0. The second-order valence-electron chi connectivity index (χ2n) is 6.65. The summed E-state index contributed by atoms with van der Waals surface area (Å²) >= 11 is 0. The summed E-state index contributed by atoms with van der Waals surface area (Å²) < 4.78 is 55.3. The van der Waals surface area contributed by atoms with Gasteiger partial charge < -0.3 is 20.3 Å². The van der Waals surface area contributed by atoms with Gasteiger partial charge in [0, 0.05) is 31.9 Å². The fourth-order valence-electron chi connectivity index (χ4n) is 2.92. The third-order valence-electron chi connectivity index (χ3n) is 4.23. The Morgan fingerprint density at radius 2 is 2.00 bits per heavy atom. The average molecular weight is 546 g/mol. The van der Waals surface area contributed by atoms with Crippen molar-refractivity contribution >= 4 is 45.5 Å². The van der Waals surface area contributed by atoms with Gasteiger partial charge in [-0.25, -0.2) is 17.2 Å². The van der Waals surface area contributed by atoms with Crippen LogP contribution in [0.3, 0.4) is 0 Å². The van der Waals surface area contributed by atoms with Crippen LogP contribution in [0.15, 0.2) is 23.2 Å². The van der Waals surface area contributed by atoms with Gasteiger partial charge in [0.1, 0.15) is 27.2 Å². The van der Waals surface area contributed by atoms with Crippen LogP contribution in [0.4, 0.5) is 14.5 Å². The van der Waals surface area contributed by atoms with E-state index in [-0.39, 0.29) is 48.1 Å². The summed E-state index contributed by atoms with van der Waals surface area (Å²) in [4.78, 5) is 6.09. The number of nitrogens with one attached hydrogen (secondary N) is 2. The van der Waals surface area contributed by atoms with Crippen molar-refractivity contribution in [1.82, 2.24) is 10.6 Å². The lowest BCUT2D eigenvalue weighted by atomic mass is 10.2. The van der Waals surface area contributed by atoms with Gasteiger partial charge in [0.15, 0.2) is 5.96 Å². The Morgan fingerprint density at radius 3 is 2.62 bits per heavy atom. The van der Waals surface area contributed by atoms with Crippen LogP contribution in [0.1, 0.15) is 13.3 Å². The van der Waals surface area contributed by atoms with Gasteiger partial charge in [-0.1, -0.05) is 6.07 Å². The summed E-state index contributed by atoms with van der Waals surface area (Å²) in [5, 5.41) is 6.39. The third kappa shape index (κ3) is 8.99. The average Bonchev–Trinajstić information content (AvgIpc) is 3.05. The molecule has 0 radical (unpaired) electrons. The molecule has 1 heterocycles. The molecule has 1 fully saturated rings. The molecular formula is C18H29F2IN4O3S. The molecule has 0 saturated carbocycles. The van der Waals surface area contributed by atoms with E-state index in [2.05, 4.69) is 15.6 Å². The molecule has 1 aliphatic heterocycles. The number of nitrogens with zero attached hydrogens (tertiary/aromatic N) is 2. The molecular weight excluding hydrogens is 517 g/mol. The van der Waals surface area contributed by atoms with Gasteiger partial charge in [-0.3, -0.25) is 4.99 Å². The molecule has 7 nitrogen and oxygen atoms in total. The summed E-state index contributed by atoms with van der Waals surface area (Å²) in [6.45, 7) is 4.44. The summed E-state index contributed by atoms with van der Waals surface area (Å²) in [7, 11) is -3.03. The van der Waals surface area contributed by atoms with Crippen molar-refractivity contribution < 1.29 is 21.9 Å². The molecule has 0 spiro atoms. The molecule has 29 heavy (non-hydrogen) atoms. The molecule has 0 aromatic heterocycles. The van der Waals surface area contributed by atoms with Crippen molar-refractivity contribution in [2.24, 2.45) is 4.99 Å². The molecule has 1 atom stereocenters. The molecule has 1 aromatic carbocycles. The van der Waals surface area contributed by atoms with E-state index in [9.17, 15) is 17.2 Å². The van der Waals surface area contributed by atoms with Crippen LogP contribution in [0.25, 0.3) is 0 Å².